The molecule has 2 radical (unpaired) electrons. The van der Waals surface area contributed by atoms with Gasteiger partial charge in [0.1, 0.15) is 6.10 Å². The first kappa shape index (κ1) is 19.8. The number of nitrogens with zero attached hydrogens (tertiary/aromatic N) is 1. The number of ether oxygens (including phenoxy) is 1. The summed E-state index contributed by atoms with van der Waals surface area (Å²) < 4.78 is 5.97. The number of fused-ring (bicyclic) bond motifs is 2. The topological polar surface area (TPSA) is 33.0 Å². The molecule has 2 bridgehead atoms. The molecule has 0 amide bonds. The van der Waals surface area contributed by atoms with Crippen molar-refractivity contribution in [3.05, 3.63) is 13.0 Å². The average Bonchev–Trinajstić information content (AvgIpc) is 3.22. The summed E-state index contributed by atoms with van der Waals surface area (Å²) in [6.45, 7) is 3.88. The molecule has 0 aromatic heterocycles. The quantitative estimate of drug-likeness (QED) is 0.329. The highest BCUT2D eigenvalue weighted by Gasteiger charge is 2.40. The van der Waals surface area contributed by atoms with Gasteiger partial charge in [0.25, 0.3) is 0 Å². The maximum atomic E-state index is 9.32. The van der Waals surface area contributed by atoms with Crippen molar-refractivity contribution in [3.8, 4) is 6.07 Å². The number of hydrogen-bond donors (Lipinski definition) is 0. The SMILES string of the molecule is [CH2]CCCCCCCCC(C#N)CCCCC[C]1OC2CCC1C2. The van der Waals surface area contributed by atoms with Gasteiger partial charge in [0.2, 0.25) is 0 Å². The molecule has 1 heterocycles. The molecule has 2 fully saturated rings. The molecule has 1 saturated heterocycles. The van der Waals surface area contributed by atoms with Crippen molar-refractivity contribution in [1.29, 1.82) is 5.26 Å². The van der Waals surface area contributed by atoms with E-state index < -0.39 is 0 Å². The molecule has 2 rings (SSSR count). The standard InChI is InChI=1S/C22H37NO/c1-2-3-4-5-6-7-9-12-19(18-23)13-10-8-11-14-22-20-15-16-21(17-20)24-22/h19-21H,1-17H2. The van der Waals surface area contributed by atoms with Crippen LogP contribution in [0.2, 0.25) is 0 Å². The van der Waals surface area contributed by atoms with Gasteiger partial charge in [-0.3, -0.25) is 0 Å². The fraction of sp³-hybridized carbons (Fsp3) is 0.864. The van der Waals surface area contributed by atoms with E-state index in [2.05, 4.69) is 13.0 Å². The minimum atomic E-state index is 0.288. The smallest absolute Gasteiger partial charge is 0.101 e. The van der Waals surface area contributed by atoms with Gasteiger partial charge in [0.15, 0.2) is 0 Å². The predicted molar refractivity (Wildman–Crippen MR) is 99.9 cm³/mol. The average molecular weight is 332 g/mol. The Balaban J connectivity index is 1.40. The molecule has 2 nitrogen and oxygen atoms in total. The highest BCUT2D eigenvalue weighted by molar-refractivity contribution is 5.00. The van der Waals surface area contributed by atoms with Crippen LogP contribution in [0.15, 0.2) is 0 Å². The van der Waals surface area contributed by atoms with E-state index >= 15 is 0 Å². The van der Waals surface area contributed by atoms with Gasteiger partial charge in [-0.1, -0.05) is 71.1 Å². The van der Waals surface area contributed by atoms with Crippen LogP contribution in [0.4, 0.5) is 0 Å². The van der Waals surface area contributed by atoms with Gasteiger partial charge in [-0.2, -0.15) is 5.26 Å². The molecule has 2 aliphatic rings. The van der Waals surface area contributed by atoms with Gasteiger partial charge in [0.05, 0.1) is 12.2 Å². The van der Waals surface area contributed by atoms with Crippen LogP contribution in [0, 0.1) is 36.2 Å². The fourth-order valence-electron chi connectivity index (χ4n) is 4.33. The summed E-state index contributed by atoms with van der Waals surface area (Å²) in [5.41, 5.74) is 0. The minimum absolute atomic E-state index is 0.288. The summed E-state index contributed by atoms with van der Waals surface area (Å²) in [6, 6.07) is 2.53. The molecule has 24 heavy (non-hydrogen) atoms. The second-order valence-electron chi connectivity index (χ2n) is 7.91. The molecular weight excluding hydrogens is 294 g/mol. The first-order valence-electron chi connectivity index (χ1n) is 10.5. The van der Waals surface area contributed by atoms with E-state index in [0.29, 0.717) is 6.10 Å². The van der Waals surface area contributed by atoms with Gasteiger partial charge in [-0.15, -0.1) is 0 Å². The highest BCUT2D eigenvalue weighted by atomic mass is 16.5. The number of hydrogen-bond acceptors (Lipinski definition) is 2. The lowest BCUT2D eigenvalue weighted by Gasteiger charge is -2.20. The molecule has 3 atom stereocenters. The molecule has 136 valence electrons. The lowest BCUT2D eigenvalue weighted by molar-refractivity contribution is 0.0733. The second-order valence-corrected chi connectivity index (χ2v) is 7.91. The number of nitriles is 1. The van der Waals surface area contributed by atoms with Gasteiger partial charge < -0.3 is 4.74 Å². The van der Waals surface area contributed by atoms with Crippen LogP contribution in [-0.2, 0) is 4.74 Å². The molecule has 1 aliphatic carbocycles. The molecule has 1 aliphatic heterocycles. The first-order valence-corrected chi connectivity index (χ1v) is 10.5. The molecule has 0 aromatic carbocycles. The maximum absolute atomic E-state index is 9.32. The summed E-state index contributed by atoms with van der Waals surface area (Å²) in [6.07, 6.45) is 21.9. The van der Waals surface area contributed by atoms with E-state index in [1.165, 1.54) is 89.6 Å². The van der Waals surface area contributed by atoms with Gasteiger partial charge >= 0.3 is 0 Å². The molecule has 0 aromatic rings. The Labute approximate surface area is 150 Å². The lowest BCUT2D eigenvalue weighted by atomic mass is 9.93. The normalized spacial score (nSPS) is 24.3. The van der Waals surface area contributed by atoms with E-state index in [9.17, 15) is 5.26 Å². The van der Waals surface area contributed by atoms with Crippen LogP contribution < -0.4 is 0 Å². The highest BCUT2D eigenvalue weighted by Crippen LogP contribution is 2.46. The molecule has 1 saturated carbocycles. The van der Waals surface area contributed by atoms with Crippen molar-refractivity contribution in [2.24, 2.45) is 11.8 Å². The Kier molecular flexibility index (Phi) is 9.81. The Bertz CT molecular complexity index is 361. The first-order chi connectivity index (χ1) is 11.8. The molecule has 0 spiro atoms. The van der Waals surface area contributed by atoms with Crippen molar-refractivity contribution >= 4 is 0 Å². The Morgan fingerprint density at radius 3 is 2.21 bits per heavy atom. The molecule has 2 heteroatoms. The Morgan fingerprint density at radius 2 is 1.62 bits per heavy atom. The summed E-state index contributed by atoms with van der Waals surface area (Å²) in [5, 5.41) is 9.32. The zero-order valence-electron chi connectivity index (χ0n) is 15.6. The summed E-state index contributed by atoms with van der Waals surface area (Å²) in [7, 11) is 0. The predicted octanol–water partition coefficient (Wildman–Crippen LogP) is 6.76. The largest absolute Gasteiger partial charge is 0.368 e. The summed E-state index contributed by atoms with van der Waals surface area (Å²) in [4.78, 5) is 0. The van der Waals surface area contributed by atoms with Crippen LogP contribution in [-0.4, -0.2) is 6.10 Å². The number of rotatable bonds is 14. The monoisotopic (exact) mass is 331 g/mol. The molecular formula is C22H37NO. The van der Waals surface area contributed by atoms with E-state index in [1.54, 1.807) is 0 Å². The third kappa shape index (κ3) is 7.14. The van der Waals surface area contributed by atoms with E-state index in [0.717, 1.165) is 25.2 Å². The van der Waals surface area contributed by atoms with Crippen LogP contribution in [0.25, 0.3) is 0 Å². The summed E-state index contributed by atoms with van der Waals surface area (Å²) in [5.74, 6) is 1.08. The van der Waals surface area contributed by atoms with Gasteiger partial charge in [0, 0.05) is 5.92 Å². The zero-order chi connectivity index (χ0) is 17.0. The van der Waals surface area contributed by atoms with Gasteiger partial charge in [-0.05, 0) is 44.4 Å². The summed E-state index contributed by atoms with van der Waals surface area (Å²) >= 11 is 0. The van der Waals surface area contributed by atoms with Crippen molar-refractivity contribution in [1.82, 2.24) is 0 Å². The van der Waals surface area contributed by atoms with Crippen molar-refractivity contribution < 1.29 is 4.74 Å². The Hall–Kier alpha value is -0.550. The van der Waals surface area contributed by atoms with Crippen LogP contribution in [0.5, 0.6) is 0 Å². The van der Waals surface area contributed by atoms with Gasteiger partial charge in [-0.25, -0.2) is 0 Å². The van der Waals surface area contributed by atoms with Crippen LogP contribution >= 0.6 is 0 Å². The zero-order valence-corrected chi connectivity index (χ0v) is 15.6. The van der Waals surface area contributed by atoms with E-state index in [4.69, 9.17) is 4.74 Å². The third-order valence-corrected chi connectivity index (χ3v) is 5.87. The van der Waals surface area contributed by atoms with Crippen LogP contribution in [0.3, 0.4) is 0 Å². The minimum Gasteiger partial charge on any atom is -0.368 e. The lowest BCUT2D eigenvalue weighted by Crippen LogP contribution is -2.12. The van der Waals surface area contributed by atoms with E-state index in [-0.39, 0.29) is 5.92 Å². The Morgan fingerprint density at radius 1 is 0.958 bits per heavy atom. The molecule has 3 unspecified atom stereocenters. The second kappa shape index (κ2) is 11.9. The number of unbranched alkanes of at least 4 members (excludes halogenated alkanes) is 8. The third-order valence-electron chi connectivity index (χ3n) is 5.87. The van der Waals surface area contributed by atoms with E-state index in [1.807, 2.05) is 0 Å². The van der Waals surface area contributed by atoms with Crippen LogP contribution in [0.1, 0.15) is 103 Å². The van der Waals surface area contributed by atoms with Crippen molar-refractivity contribution in [3.63, 3.8) is 0 Å². The van der Waals surface area contributed by atoms with Crippen molar-refractivity contribution in [2.45, 2.75) is 109 Å². The fourth-order valence-corrected chi connectivity index (χ4v) is 4.33. The van der Waals surface area contributed by atoms with Crippen molar-refractivity contribution in [2.75, 3.05) is 0 Å². The maximum Gasteiger partial charge on any atom is 0.101 e. The molecule has 0 N–H and O–H groups in total.